The van der Waals surface area contributed by atoms with Gasteiger partial charge in [0.05, 0.1) is 11.4 Å². The lowest BCUT2D eigenvalue weighted by atomic mass is 10.1. The van der Waals surface area contributed by atoms with Crippen LogP contribution in [-0.4, -0.2) is 73.4 Å². The Bertz CT molecular complexity index is 1760. The van der Waals surface area contributed by atoms with Gasteiger partial charge in [0.25, 0.3) is 5.91 Å². The Morgan fingerprint density at radius 3 is 2.65 bits per heavy atom. The average Bonchev–Trinajstić information content (AvgIpc) is 3.80. The number of halogens is 1. The van der Waals surface area contributed by atoms with Gasteiger partial charge in [0.15, 0.2) is 22.5 Å². The van der Waals surface area contributed by atoms with Crippen molar-refractivity contribution in [1.82, 2.24) is 34.5 Å². The second-order valence-corrected chi connectivity index (χ2v) is 12.4. The predicted molar refractivity (Wildman–Crippen MR) is 165 cm³/mol. The summed E-state index contributed by atoms with van der Waals surface area (Å²) >= 11 is 9.32. The van der Waals surface area contributed by atoms with E-state index in [1.807, 2.05) is 63.4 Å². The second-order valence-electron chi connectivity index (χ2n) is 10.0. The number of pyridine rings is 1. The standard InChI is InChI=1S/C30H26ClN7O3S2/c31-22-2-1-3-23(15-22)38-28(21-6-8-32-9-7-21)34-35-30(38)43-18-27-33-24(17-42-27)29(39)37-12-10-36(11-13-37)16-20-4-5-25-26(14-20)41-19-40-25/h1-9,14-15,17H,10-13,16,18-19H2. The van der Waals surface area contributed by atoms with E-state index in [0.717, 1.165) is 47.4 Å². The molecule has 0 unspecified atom stereocenters. The van der Waals surface area contributed by atoms with Crippen molar-refractivity contribution < 1.29 is 14.3 Å². The first-order valence-electron chi connectivity index (χ1n) is 13.7. The van der Waals surface area contributed by atoms with Crippen LogP contribution in [0.1, 0.15) is 21.1 Å². The molecule has 10 nitrogen and oxygen atoms in total. The van der Waals surface area contributed by atoms with Crippen LogP contribution in [0.25, 0.3) is 17.1 Å². The number of hydrogen-bond acceptors (Lipinski definition) is 10. The molecule has 7 rings (SSSR count). The molecule has 0 radical (unpaired) electrons. The highest BCUT2D eigenvalue weighted by atomic mass is 35.5. The third-order valence-electron chi connectivity index (χ3n) is 7.24. The van der Waals surface area contributed by atoms with Crippen molar-refractivity contribution in [1.29, 1.82) is 0 Å². The largest absolute Gasteiger partial charge is 0.454 e. The van der Waals surface area contributed by atoms with Gasteiger partial charge < -0.3 is 14.4 Å². The third kappa shape index (κ3) is 6.09. The van der Waals surface area contributed by atoms with E-state index in [1.54, 1.807) is 12.4 Å². The average molecular weight is 632 g/mol. The van der Waals surface area contributed by atoms with Crippen LogP contribution >= 0.6 is 34.7 Å². The molecule has 5 aromatic rings. The van der Waals surface area contributed by atoms with Gasteiger partial charge in [-0.05, 0) is 48.0 Å². The molecule has 2 aliphatic rings. The van der Waals surface area contributed by atoms with Crippen molar-refractivity contribution in [2.45, 2.75) is 17.5 Å². The Morgan fingerprint density at radius 2 is 1.81 bits per heavy atom. The van der Waals surface area contributed by atoms with Crippen LogP contribution in [0.5, 0.6) is 11.5 Å². The molecule has 1 amide bonds. The number of hydrogen-bond donors (Lipinski definition) is 0. The van der Waals surface area contributed by atoms with Crippen LogP contribution in [0.3, 0.4) is 0 Å². The highest BCUT2D eigenvalue weighted by Gasteiger charge is 2.25. The summed E-state index contributed by atoms with van der Waals surface area (Å²) in [6.45, 7) is 3.99. The minimum atomic E-state index is -0.0303. The Labute approximate surface area is 261 Å². The number of aromatic nitrogens is 5. The van der Waals surface area contributed by atoms with Crippen molar-refractivity contribution >= 4 is 40.6 Å². The Balaban J connectivity index is 0.990. The minimum absolute atomic E-state index is 0.0303. The molecular formula is C30H26ClN7O3S2. The molecule has 43 heavy (non-hydrogen) atoms. The Kier molecular flexibility index (Phi) is 7.98. The number of carbonyl (C=O) groups excluding carboxylic acids is 1. The molecule has 0 bridgehead atoms. The summed E-state index contributed by atoms with van der Waals surface area (Å²) < 4.78 is 12.9. The fraction of sp³-hybridized carbons (Fsp3) is 0.233. The number of nitrogens with zero attached hydrogens (tertiary/aromatic N) is 7. The van der Waals surface area contributed by atoms with E-state index in [-0.39, 0.29) is 12.7 Å². The highest BCUT2D eigenvalue weighted by molar-refractivity contribution is 7.98. The first-order valence-corrected chi connectivity index (χ1v) is 15.9. The molecular weight excluding hydrogens is 606 g/mol. The van der Waals surface area contributed by atoms with Crippen LogP contribution in [0.4, 0.5) is 0 Å². The monoisotopic (exact) mass is 631 g/mol. The number of piperazine rings is 1. The zero-order valence-corrected chi connectivity index (χ0v) is 25.3. The van der Waals surface area contributed by atoms with E-state index < -0.39 is 0 Å². The van der Waals surface area contributed by atoms with Crippen molar-refractivity contribution in [3.05, 3.63) is 93.7 Å². The third-order valence-corrected chi connectivity index (χ3v) is 9.44. The van der Waals surface area contributed by atoms with Gasteiger partial charge in [-0.1, -0.05) is 35.5 Å². The van der Waals surface area contributed by atoms with Gasteiger partial charge in [-0.3, -0.25) is 19.2 Å². The summed E-state index contributed by atoms with van der Waals surface area (Å²) in [7, 11) is 0. The SMILES string of the molecule is O=C(c1csc(CSc2nnc(-c3ccncc3)n2-c2cccc(Cl)c2)n1)N1CCN(Cc2ccc3c(c2)OCO3)CC1. The fourth-order valence-electron chi connectivity index (χ4n) is 5.07. The molecule has 0 aliphatic carbocycles. The fourth-order valence-corrected chi connectivity index (χ4v) is 6.99. The lowest BCUT2D eigenvalue weighted by Gasteiger charge is -2.34. The smallest absolute Gasteiger partial charge is 0.273 e. The van der Waals surface area contributed by atoms with Gasteiger partial charge in [-0.15, -0.1) is 21.5 Å². The van der Waals surface area contributed by atoms with Crippen LogP contribution in [0.15, 0.2) is 77.5 Å². The molecule has 0 spiro atoms. The van der Waals surface area contributed by atoms with Crippen molar-refractivity contribution in [2.75, 3.05) is 33.0 Å². The van der Waals surface area contributed by atoms with E-state index in [4.69, 9.17) is 21.1 Å². The summed E-state index contributed by atoms with van der Waals surface area (Å²) in [4.78, 5) is 26.3. The van der Waals surface area contributed by atoms with Gasteiger partial charge in [0, 0.05) is 61.1 Å². The van der Waals surface area contributed by atoms with Gasteiger partial charge in [-0.2, -0.15) is 0 Å². The second kappa shape index (κ2) is 12.3. The topological polar surface area (TPSA) is 98.5 Å². The maximum absolute atomic E-state index is 13.3. The van der Waals surface area contributed by atoms with E-state index in [9.17, 15) is 4.79 Å². The van der Waals surface area contributed by atoms with Crippen LogP contribution in [-0.2, 0) is 12.3 Å². The molecule has 1 saturated heterocycles. The van der Waals surface area contributed by atoms with E-state index >= 15 is 0 Å². The van der Waals surface area contributed by atoms with Crippen molar-refractivity contribution in [2.24, 2.45) is 0 Å². The summed E-state index contributed by atoms with van der Waals surface area (Å²) in [6, 6.07) is 17.4. The first-order chi connectivity index (χ1) is 21.1. The van der Waals surface area contributed by atoms with Crippen LogP contribution in [0.2, 0.25) is 5.02 Å². The lowest BCUT2D eigenvalue weighted by molar-refractivity contribution is 0.0623. The summed E-state index contributed by atoms with van der Waals surface area (Å²) in [5.41, 5.74) is 3.41. The number of fused-ring (bicyclic) bond motifs is 1. The molecule has 0 saturated carbocycles. The molecule has 2 aromatic carbocycles. The van der Waals surface area contributed by atoms with Gasteiger partial charge in [0.1, 0.15) is 10.7 Å². The van der Waals surface area contributed by atoms with Crippen LogP contribution < -0.4 is 9.47 Å². The molecule has 0 N–H and O–H groups in total. The van der Waals surface area contributed by atoms with E-state index in [1.165, 1.54) is 28.7 Å². The van der Waals surface area contributed by atoms with Gasteiger partial charge >= 0.3 is 0 Å². The Hall–Kier alpha value is -3.97. The number of carbonyl (C=O) groups is 1. The summed E-state index contributed by atoms with van der Waals surface area (Å²) in [6.07, 6.45) is 3.46. The zero-order valence-electron chi connectivity index (χ0n) is 22.9. The Morgan fingerprint density at radius 1 is 0.977 bits per heavy atom. The minimum Gasteiger partial charge on any atom is -0.454 e. The molecule has 2 aliphatic heterocycles. The van der Waals surface area contributed by atoms with Crippen molar-refractivity contribution in [3.63, 3.8) is 0 Å². The predicted octanol–water partition coefficient (Wildman–Crippen LogP) is 5.42. The van der Waals surface area contributed by atoms with Crippen molar-refractivity contribution in [3.8, 4) is 28.6 Å². The molecule has 1 fully saturated rings. The molecule has 5 heterocycles. The molecule has 3 aromatic heterocycles. The normalized spacial score (nSPS) is 14.8. The molecule has 13 heteroatoms. The summed E-state index contributed by atoms with van der Waals surface area (Å²) in [5, 5.41) is 13.0. The number of amides is 1. The maximum Gasteiger partial charge on any atom is 0.273 e. The first kappa shape index (κ1) is 27.8. The van der Waals surface area contributed by atoms with Crippen LogP contribution in [0, 0.1) is 0 Å². The maximum atomic E-state index is 13.3. The van der Waals surface area contributed by atoms with Gasteiger partial charge in [0.2, 0.25) is 6.79 Å². The highest BCUT2D eigenvalue weighted by Crippen LogP contribution is 2.33. The number of ether oxygens (including phenoxy) is 2. The van der Waals surface area contributed by atoms with Gasteiger partial charge in [-0.25, -0.2) is 4.98 Å². The molecule has 218 valence electrons. The van der Waals surface area contributed by atoms with E-state index in [0.29, 0.717) is 40.5 Å². The number of rotatable bonds is 8. The zero-order chi connectivity index (χ0) is 29.2. The lowest BCUT2D eigenvalue weighted by Crippen LogP contribution is -2.48. The number of thioether (sulfide) groups is 1. The number of thiazole rings is 1. The number of benzene rings is 2. The quantitative estimate of drug-likeness (QED) is 0.208. The summed E-state index contributed by atoms with van der Waals surface area (Å²) in [5.74, 6) is 2.80. The molecule has 0 atom stereocenters. The van der Waals surface area contributed by atoms with E-state index in [2.05, 4.69) is 31.1 Å².